The number of hydrogen-bond donors (Lipinski definition) is 1. The number of piperazine rings is 1. The van der Waals surface area contributed by atoms with Gasteiger partial charge in [-0.3, -0.25) is 9.59 Å². The lowest BCUT2D eigenvalue weighted by molar-refractivity contribution is -0.137. The van der Waals surface area contributed by atoms with Gasteiger partial charge in [0.25, 0.3) is 11.5 Å². The number of alkyl halides is 3. The molecule has 0 saturated carbocycles. The number of aromatic nitrogens is 4. The van der Waals surface area contributed by atoms with Crippen LogP contribution in [0, 0.1) is 0 Å². The molecule has 1 aliphatic heterocycles. The van der Waals surface area contributed by atoms with Crippen LogP contribution in [0.15, 0.2) is 59.5 Å². The van der Waals surface area contributed by atoms with E-state index < -0.39 is 17.3 Å². The molecule has 2 aromatic carbocycles. The lowest BCUT2D eigenvalue weighted by atomic mass is 10.1. The summed E-state index contributed by atoms with van der Waals surface area (Å²) in [5.41, 5.74) is 0.344. The van der Waals surface area contributed by atoms with Crippen LogP contribution in [0.3, 0.4) is 0 Å². The SMILES string of the molecule is CN1CCN(C(=O)c2ccc(-n3cc(-c4cc5ccc(C(F)(F)F)cc5[nH]c4=O)nn3)cc2)CC1. The van der Waals surface area contributed by atoms with Gasteiger partial charge in [0.15, 0.2) is 0 Å². The Morgan fingerprint density at radius 1 is 1.00 bits per heavy atom. The summed E-state index contributed by atoms with van der Waals surface area (Å²) in [6.45, 7) is 3.04. The summed E-state index contributed by atoms with van der Waals surface area (Å²) in [5.74, 6) is -0.0275. The quantitative estimate of drug-likeness (QED) is 0.485. The normalized spacial score (nSPS) is 15.0. The van der Waals surface area contributed by atoms with Gasteiger partial charge in [0.1, 0.15) is 5.69 Å². The zero-order chi connectivity index (χ0) is 24.7. The van der Waals surface area contributed by atoms with Crippen molar-refractivity contribution in [3.8, 4) is 16.9 Å². The van der Waals surface area contributed by atoms with Gasteiger partial charge in [-0.25, -0.2) is 4.68 Å². The third-order valence-electron chi connectivity index (χ3n) is 6.11. The predicted molar refractivity (Wildman–Crippen MR) is 123 cm³/mol. The van der Waals surface area contributed by atoms with E-state index in [1.54, 1.807) is 30.5 Å². The third-order valence-corrected chi connectivity index (χ3v) is 6.11. The summed E-state index contributed by atoms with van der Waals surface area (Å²) in [6, 6.07) is 11.6. The lowest BCUT2D eigenvalue weighted by Crippen LogP contribution is -2.47. The Morgan fingerprint density at radius 2 is 1.71 bits per heavy atom. The number of H-pyrrole nitrogens is 1. The van der Waals surface area contributed by atoms with Gasteiger partial charge < -0.3 is 14.8 Å². The number of amides is 1. The van der Waals surface area contributed by atoms with E-state index in [1.807, 2.05) is 11.9 Å². The van der Waals surface area contributed by atoms with Crippen molar-refractivity contribution in [3.05, 3.63) is 76.2 Å². The van der Waals surface area contributed by atoms with E-state index in [1.165, 1.54) is 16.8 Å². The first kappa shape index (κ1) is 22.8. The molecular weight excluding hydrogens is 461 g/mol. The Labute approximate surface area is 197 Å². The number of halogens is 3. The van der Waals surface area contributed by atoms with Gasteiger partial charge in [0, 0.05) is 37.3 Å². The van der Waals surface area contributed by atoms with Gasteiger partial charge in [0.05, 0.1) is 23.0 Å². The van der Waals surface area contributed by atoms with Crippen LogP contribution in [0.25, 0.3) is 27.8 Å². The summed E-state index contributed by atoms with van der Waals surface area (Å²) in [4.78, 5) is 31.8. The van der Waals surface area contributed by atoms with E-state index in [-0.39, 0.29) is 22.7 Å². The number of benzene rings is 2. The highest BCUT2D eigenvalue weighted by Crippen LogP contribution is 2.31. The highest BCUT2D eigenvalue weighted by atomic mass is 19.4. The molecule has 180 valence electrons. The first-order valence-corrected chi connectivity index (χ1v) is 10.9. The standard InChI is InChI=1S/C24H21F3N6O2/c1-31-8-10-32(11-9-31)23(35)15-3-6-18(7-4-15)33-14-21(29-30-33)19-12-16-2-5-17(24(25,26)27)13-20(16)28-22(19)34/h2-7,12-14H,8-11H2,1H3,(H,28,34). The van der Waals surface area contributed by atoms with Crippen molar-refractivity contribution in [2.24, 2.45) is 0 Å². The van der Waals surface area contributed by atoms with Gasteiger partial charge >= 0.3 is 6.18 Å². The van der Waals surface area contributed by atoms with Gasteiger partial charge in [0.2, 0.25) is 0 Å². The summed E-state index contributed by atoms with van der Waals surface area (Å²) < 4.78 is 40.4. The number of rotatable bonds is 3. The fourth-order valence-corrected chi connectivity index (χ4v) is 4.03. The predicted octanol–water partition coefficient (Wildman–Crippen LogP) is 3.18. The molecule has 4 aromatic rings. The maximum atomic E-state index is 13.0. The minimum Gasteiger partial charge on any atom is -0.336 e. The van der Waals surface area contributed by atoms with Crippen LogP contribution in [0.4, 0.5) is 13.2 Å². The maximum absolute atomic E-state index is 13.0. The Balaban J connectivity index is 1.38. The van der Waals surface area contributed by atoms with Crippen LogP contribution >= 0.6 is 0 Å². The van der Waals surface area contributed by atoms with Crippen molar-refractivity contribution in [2.75, 3.05) is 33.2 Å². The number of aromatic amines is 1. The lowest BCUT2D eigenvalue weighted by Gasteiger charge is -2.32. The number of nitrogens with one attached hydrogen (secondary N) is 1. The zero-order valence-electron chi connectivity index (χ0n) is 18.7. The fraction of sp³-hybridized carbons (Fsp3) is 0.250. The summed E-state index contributed by atoms with van der Waals surface area (Å²) >= 11 is 0. The monoisotopic (exact) mass is 482 g/mol. The Morgan fingerprint density at radius 3 is 2.40 bits per heavy atom. The fourth-order valence-electron chi connectivity index (χ4n) is 4.03. The minimum atomic E-state index is -4.50. The molecule has 1 fully saturated rings. The Hall–Kier alpha value is -3.99. The first-order chi connectivity index (χ1) is 16.7. The second-order valence-electron chi connectivity index (χ2n) is 8.50. The molecule has 0 aliphatic carbocycles. The smallest absolute Gasteiger partial charge is 0.336 e. The largest absolute Gasteiger partial charge is 0.416 e. The Kier molecular flexibility index (Phi) is 5.64. The number of carbonyl (C=O) groups excluding carboxylic acids is 1. The van der Waals surface area contributed by atoms with Gasteiger partial charge in [-0.15, -0.1) is 5.10 Å². The molecule has 35 heavy (non-hydrogen) atoms. The number of pyridine rings is 1. The highest BCUT2D eigenvalue weighted by molar-refractivity contribution is 5.94. The molecule has 0 radical (unpaired) electrons. The maximum Gasteiger partial charge on any atom is 0.416 e. The molecule has 11 heteroatoms. The van der Waals surface area contributed by atoms with Crippen molar-refractivity contribution < 1.29 is 18.0 Å². The molecule has 0 unspecified atom stereocenters. The van der Waals surface area contributed by atoms with Crippen LogP contribution in [0.5, 0.6) is 0 Å². The molecule has 1 N–H and O–H groups in total. The molecule has 5 rings (SSSR count). The summed E-state index contributed by atoms with van der Waals surface area (Å²) in [7, 11) is 2.03. The molecule has 1 aliphatic rings. The molecule has 8 nitrogen and oxygen atoms in total. The summed E-state index contributed by atoms with van der Waals surface area (Å²) in [6.07, 6.45) is -2.95. The number of carbonyl (C=O) groups is 1. The van der Waals surface area contributed by atoms with Crippen LogP contribution in [-0.4, -0.2) is 68.9 Å². The van der Waals surface area contributed by atoms with Gasteiger partial charge in [-0.2, -0.15) is 13.2 Å². The average Bonchev–Trinajstić information content (AvgIpc) is 3.33. The van der Waals surface area contributed by atoms with Crippen molar-refractivity contribution in [2.45, 2.75) is 6.18 Å². The summed E-state index contributed by atoms with van der Waals surface area (Å²) in [5, 5.41) is 8.56. The van der Waals surface area contributed by atoms with Crippen molar-refractivity contribution in [3.63, 3.8) is 0 Å². The van der Waals surface area contributed by atoms with Crippen LogP contribution < -0.4 is 5.56 Å². The van der Waals surface area contributed by atoms with E-state index in [2.05, 4.69) is 20.2 Å². The zero-order valence-corrected chi connectivity index (χ0v) is 18.7. The molecule has 0 spiro atoms. The minimum absolute atomic E-state index is 0.0275. The molecule has 1 saturated heterocycles. The van der Waals surface area contributed by atoms with Crippen LogP contribution in [0.2, 0.25) is 0 Å². The number of nitrogens with zero attached hydrogens (tertiary/aromatic N) is 5. The van der Waals surface area contributed by atoms with Gasteiger partial charge in [-0.1, -0.05) is 11.3 Å². The van der Waals surface area contributed by atoms with Crippen LogP contribution in [-0.2, 0) is 6.18 Å². The molecule has 0 bridgehead atoms. The van der Waals surface area contributed by atoms with Crippen LogP contribution in [0.1, 0.15) is 15.9 Å². The third kappa shape index (κ3) is 4.54. The van der Waals surface area contributed by atoms with E-state index in [0.717, 1.165) is 25.2 Å². The Bertz CT molecular complexity index is 1450. The second kappa shape index (κ2) is 8.66. The first-order valence-electron chi connectivity index (χ1n) is 10.9. The van der Waals surface area contributed by atoms with E-state index in [9.17, 15) is 22.8 Å². The molecule has 2 aromatic heterocycles. The molecular formula is C24H21F3N6O2. The highest BCUT2D eigenvalue weighted by Gasteiger charge is 2.30. The van der Waals surface area contributed by atoms with Crippen molar-refractivity contribution in [1.82, 2.24) is 29.8 Å². The average molecular weight is 482 g/mol. The van der Waals surface area contributed by atoms with E-state index in [0.29, 0.717) is 29.7 Å². The second-order valence-corrected chi connectivity index (χ2v) is 8.50. The number of fused-ring (bicyclic) bond motifs is 1. The van der Waals surface area contributed by atoms with E-state index >= 15 is 0 Å². The van der Waals surface area contributed by atoms with Crippen molar-refractivity contribution in [1.29, 1.82) is 0 Å². The molecule has 1 amide bonds. The topological polar surface area (TPSA) is 87.1 Å². The molecule has 0 atom stereocenters. The number of likely N-dealkylation sites (N-methyl/N-ethyl adjacent to an activating group) is 1. The van der Waals surface area contributed by atoms with Gasteiger partial charge in [-0.05, 0) is 54.9 Å². The number of hydrogen-bond acceptors (Lipinski definition) is 5. The van der Waals surface area contributed by atoms with E-state index in [4.69, 9.17) is 0 Å². The molecule has 3 heterocycles. The van der Waals surface area contributed by atoms with Crippen molar-refractivity contribution >= 4 is 16.8 Å².